The third-order valence-corrected chi connectivity index (χ3v) is 3.16. The van der Waals surface area contributed by atoms with Gasteiger partial charge in [0.25, 0.3) is 0 Å². The summed E-state index contributed by atoms with van der Waals surface area (Å²) in [6.45, 7) is -0.517. The summed E-state index contributed by atoms with van der Waals surface area (Å²) in [6.07, 6.45) is 1.65. The Kier molecular flexibility index (Phi) is 4.59. The van der Waals surface area contributed by atoms with Crippen LogP contribution in [0.3, 0.4) is 0 Å². The molecule has 3 N–H and O–H groups in total. The van der Waals surface area contributed by atoms with Crippen molar-refractivity contribution in [1.29, 1.82) is 0 Å². The van der Waals surface area contributed by atoms with E-state index in [1.807, 2.05) is 6.92 Å². The van der Waals surface area contributed by atoms with E-state index in [1.165, 1.54) is 0 Å². The van der Waals surface area contributed by atoms with Crippen molar-refractivity contribution in [3.63, 3.8) is 0 Å². The molecule has 7 heteroatoms. The van der Waals surface area contributed by atoms with Gasteiger partial charge in [-0.15, -0.1) is 0 Å². The molecule has 1 fully saturated rings. The maximum absolute atomic E-state index is 13.4. The van der Waals surface area contributed by atoms with Crippen LogP contribution >= 0.6 is 0 Å². The van der Waals surface area contributed by atoms with Gasteiger partial charge >= 0.3 is 6.61 Å². The first-order valence-corrected chi connectivity index (χ1v) is 6.37. The van der Waals surface area contributed by atoms with Crippen LogP contribution in [-0.2, 0) is 4.74 Å². The van der Waals surface area contributed by atoms with Crippen LogP contribution in [0.2, 0.25) is 0 Å². The van der Waals surface area contributed by atoms with Crippen molar-refractivity contribution in [3.05, 3.63) is 17.9 Å². The number of benzene rings is 1. The van der Waals surface area contributed by atoms with Crippen molar-refractivity contribution in [1.82, 2.24) is 0 Å². The molecule has 4 nitrogen and oxygen atoms in total. The maximum atomic E-state index is 13.4. The molecule has 1 aromatic carbocycles. The predicted molar refractivity (Wildman–Crippen MR) is 69.5 cm³/mol. The van der Waals surface area contributed by atoms with E-state index < -0.39 is 18.2 Å². The highest BCUT2D eigenvalue weighted by molar-refractivity contribution is 5.69. The van der Waals surface area contributed by atoms with Gasteiger partial charge in [0.05, 0.1) is 17.5 Å². The van der Waals surface area contributed by atoms with Gasteiger partial charge in [-0.25, -0.2) is 4.39 Å². The quantitative estimate of drug-likeness (QED) is 0.837. The summed E-state index contributed by atoms with van der Waals surface area (Å²) >= 11 is 0. The number of halogens is 3. The SMILES string of the molecule is CC1CC(Nc2cc(OC(F)F)c(F)cc2N)CCO1. The Labute approximate surface area is 115 Å². The number of ether oxygens (including phenoxy) is 2. The molecule has 1 heterocycles. The molecule has 0 aromatic heterocycles. The maximum Gasteiger partial charge on any atom is 0.387 e. The Morgan fingerprint density at radius 3 is 2.85 bits per heavy atom. The Balaban J connectivity index is 2.13. The molecule has 1 aromatic rings. The van der Waals surface area contributed by atoms with Gasteiger partial charge in [0, 0.05) is 24.8 Å². The van der Waals surface area contributed by atoms with Gasteiger partial charge in [-0.2, -0.15) is 8.78 Å². The second kappa shape index (κ2) is 6.21. The third kappa shape index (κ3) is 3.69. The number of alkyl halides is 2. The fraction of sp³-hybridized carbons (Fsp3) is 0.538. The monoisotopic (exact) mass is 290 g/mol. The molecule has 2 rings (SSSR count). The van der Waals surface area contributed by atoms with Gasteiger partial charge in [0.1, 0.15) is 0 Å². The number of hydrogen-bond donors (Lipinski definition) is 2. The molecule has 0 aliphatic carbocycles. The lowest BCUT2D eigenvalue weighted by Crippen LogP contribution is -2.32. The molecule has 1 aliphatic rings. The Bertz CT molecular complexity index is 471. The summed E-state index contributed by atoms with van der Waals surface area (Å²) in [5.74, 6) is -1.43. The summed E-state index contributed by atoms with van der Waals surface area (Å²) in [4.78, 5) is 0. The van der Waals surface area contributed by atoms with Crippen molar-refractivity contribution in [2.75, 3.05) is 17.7 Å². The van der Waals surface area contributed by atoms with Gasteiger partial charge < -0.3 is 20.5 Å². The average molecular weight is 290 g/mol. The molecule has 0 radical (unpaired) electrons. The number of anilines is 2. The Morgan fingerprint density at radius 2 is 2.20 bits per heavy atom. The van der Waals surface area contributed by atoms with Crippen molar-refractivity contribution < 1.29 is 22.6 Å². The van der Waals surface area contributed by atoms with E-state index in [2.05, 4.69) is 10.1 Å². The number of nitrogens with one attached hydrogen (secondary N) is 1. The summed E-state index contributed by atoms with van der Waals surface area (Å²) < 4.78 is 47.4. The molecule has 112 valence electrons. The fourth-order valence-corrected chi connectivity index (χ4v) is 2.23. The number of nitrogen functional groups attached to an aromatic ring is 1. The molecule has 2 atom stereocenters. The smallest absolute Gasteiger partial charge is 0.387 e. The van der Waals surface area contributed by atoms with Crippen LogP contribution in [0, 0.1) is 5.82 Å². The van der Waals surface area contributed by atoms with E-state index >= 15 is 0 Å². The summed E-state index contributed by atoms with van der Waals surface area (Å²) in [6, 6.07) is 2.24. The van der Waals surface area contributed by atoms with Crippen LogP contribution < -0.4 is 15.8 Å². The molecule has 0 bridgehead atoms. The minimum Gasteiger partial charge on any atom is -0.432 e. The lowest BCUT2D eigenvalue weighted by Gasteiger charge is -2.29. The molecular weight excluding hydrogens is 273 g/mol. The Hall–Kier alpha value is -1.63. The molecular formula is C13H17F3N2O2. The van der Waals surface area contributed by atoms with Gasteiger partial charge in [-0.05, 0) is 19.8 Å². The first kappa shape index (κ1) is 14.8. The van der Waals surface area contributed by atoms with Crippen LogP contribution in [0.15, 0.2) is 12.1 Å². The summed E-state index contributed by atoms with van der Waals surface area (Å²) in [5, 5.41) is 3.12. The highest BCUT2D eigenvalue weighted by atomic mass is 19.3. The molecule has 0 amide bonds. The lowest BCUT2D eigenvalue weighted by atomic mass is 10.0. The number of nitrogens with two attached hydrogens (primary N) is 1. The minimum absolute atomic E-state index is 0.103. The first-order chi connectivity index (χ1) is 9.45. The van der Waals surface area contributed by atoms with Crippen molar-refractivity contribution in [2.24, 2.45) is 0 Å². The molecule has 20 heavy (non-hydrogen) atoms. The zero-order valence-electron chi connectivity index (χ0n) is 11.0. The van der Waals surface area contributed by atoms with Crippen LogP contribution in [0.5, 0.6) is 5.75 Å². The van der Waals surface area contributed by atoms with E-state index in [0.29, 0.717) is 12.3 Å². The van der Waals surface area contributed by atoms with Crippen molar-refractivity contribution >= 4 is 11.4 Å². The second-order valence-electron chi connectivity index (χ2n) is 4.80. The van der Waals surface area contributed by atoms with Crippen molar-refractivity contribution in [3.8, 4) is 5.75 Å². The molecule has 0 saturated carbocycles. The van der Waals surface area contributed by atoms with Gasteiger partial charge in [0.2, 0.25) is 0 Å². The lowest BCUT2D eigenvalue weighted by molar-refractivity contribution is -0.0521. The van der Waals surface area contributed by atoms with Crippen LogP contribution in [0.4, 0.5) is 24.5 Å². The van der Waals surface area contributed by atoms with E-state index in [9.17, 15) is 13.2 Å². The van der Waals surface area contributed by atoms with E-state index in [4.69, 9.17) is 10.5 Å². The van der Waals surface area contributed by atoms with Gasteiger partial charge in [-0.1, -0.05) is 0 Å². The van der Waals surface area contributed by atoms with Crippen molar-refractivity contribution in [2.45, 2.75) is 38.5 Å². The summed E-state index contributed by atoms with van der Waals surface area (Å²) in [5.41, 5.74) is 6.24. The van der Waals surface area contributed by atoms with Crippen LogP contribution in [0.25, 0.3) is 0 Å². The number of hydrogen-bond acceptors (Lipinski definition) is 4. The normalized spacial score (nSPS) is 22.9. The predicted octanol–water partition coefficient (Wildman–Crippen LogP) is 2.99. The Morgan fingerprint density at radius 1 is 1.45 bits per heavy atom. The molecule has 2 unspecified atom stereocenters. The van der Waals surface area contributed by atoms with E-state index in [0.717, 1.165) is 25.0 Å². The highest BCUT2D eigenvalue weighted by Crippen LogP contribution is 2.31. The number of rotatable bonds is 4. The molecule has 0 spiro atoms. The minimum atomic E-state index is -3.08. The van der Waals surface area contributed by atoms with Gasteiger partial charge in [-0.3, -0.25) is 0 Å². The van der Waals surface area contributed by atoms with E-state index in [-0.39, 0.29) is 17.8 Å². The van der Waals surface area contributed by atoms with Gasteiger partial charge in [0.15, 0.2) is 11.6 Å². The van der Waals surface area contributed by atoms with Crippen LogP contribution in [-0.4, -0.2) is 25.4 Å². The first-order valence-electron chi connectivity index (χ1n) is 6.37. The van der Waals surface area contributed by atoms with E-state index in [1.54, 1.807) is 0 Å². The fourth-order valence-electron chi connectivity index (χ4n) is 2.23. The standard InChI is InChI=1S/C13H17F3N2O2/c1-7-4-8(2-3-19-7)18-11-6-12(20-13(15)16)9(14)5-10(11)17/h5-8,13,18H,2-4,17H2,1H3. The zero-order valence-corrected chi connectivity index (χ0v) is 11.0. The molecule has 1 saturated heterocycles. The molecule has 1 aliphatic heterocycles. The highest BCUT2D eigenvalue weighted by Gasteiger charge is 2.21. The third-order valence-electron chi connectivity index (χ3n) is 3.16. The second-order valence-corrected chi connectivity index (χ2v) is 4.80. The average Bonchev–Trinajstić information content (AvgIpc) is 2.34. The van der Waals surface area contributed by atoms with Crippen LogP contribution in [0.1, 0.15) is 19.8 Å². The summed E-state index contributed by atoms with van der Waals surface area (Å²) in [7, 11) is 0. The largest absolute Gasteiger partial charge is 0.432 e. The zero-order chi connectivity index (χ0) is 14.7. The topological polar surface area (TPSA) is 56.5 Å².